The number of amides is 1. The minimum Gasteiger partial charge on any atom is -0.337 e. The van der Waals surface area contributed by atoms with Crippen molar-refractivity contribution in [1.82, 2.24) is 9.88 Å². The Bertz CT molecular complexity index is 586. The van der Waals surface area contributed by atoms with Crippen LogP contribution in [-0.2, 0) is 9.84 Å². The molecule has 104 valence electrons. The summed E-state index contributed by atoms with van der Waals surface area (Å²) in [4.78, 5) is 18.1. The molecule has 1 aromatic rings. The molecule has 0 saturated carbocycles. The van der Waals surface area contributed by atoms with Crippen LogP contribution in [0.1, 0.15) is 16.8 Å². The highest BCUT2D eigenvalue weighted by atomic mass is 32.2. The topological polar surface area (TPSA) is 67.3 Å². The molecule has 1 atom stereocenters. The second kappa shape index (κ2) is 5.50. The van der Waals surface area contributed by atoms with Gasteiger partial charge in [0.25, 0.3) is 5.91 Å². The van der Waals surface area contributed by atoms with Crippen LogP contribution in [0.4, 0.5) is 0 Å². The van der Waals surface area contributed by atoms with Crippen LogP contribution in [0.2, 0.25) is 0 Å². The third-order valence-electron chi connectivity index (χ3n) is 3.23. The molecule has 0 unspecified atom stereocenters. The van der Waals surface area contributed by atoms with Gasteiger partial charge >= 0.3 is 0 Å². The van der Waals surface area contributed by atoms with Gasteiger partial charge in [0.1, 0.15) is 5.03 Å². The Morgan fingerprint density at radius 1 is 1.53 bits per heavy atom. The predicted octanol–water partition coefficient (Wildman–Crippen LogP) is 1.06. The summed E-state index contributed by atoms with van der Waals surface area (Å²) in [5, 5.41) is 0.237. The summed E-state index contributed by atoms with van der Waals surface area (Å²) in [6, 6.07) is 3.45. The zero-order chi connectivity index (χ0) is 14.0. The number of aromatic nitrogens is 1. The van der Waals surface area contributed by atoms with Gasteiger partial charge in [0.05, 0.1) is 10.8 Å². The lowest BCUT2D eigenvalue weighted by molar-refractivity contribution is 0.0789. The lowest BCUT2D eigenvalue weighted by atomic mass is 10.2. The molecule has 1 saturated heterocycles. The molecule has 5 nitrogen and oxygen atoms in total. The van der Waals surface area contributed by atoms with Gasteiger partial charge in [-0.05, 0) is 24.8 Å². The van der Waals surface area contributed by atoms with Crippen LogP contribution in [0.15, 0.2) is 23.4 Å². The Kier molecular flexibility index (Phi) is 4.15. The summed E-state index contributed by atoms with van der Waals surface area (Å²) < 4.78 is 23.0. The standard InChI is InChI=1S/C12H16N2O3S2/c1-18-11-10(4-3-6-13-11)12(15)14-7-5-9(8-14)19(2,16)17/h3-4,6,9H,5,7-8H2,1-2H3/t9-/m1/s1. The largest absolute Gasteiger partial charge is 0.337 e. The number of sulfone groups is 1. The van der Waals surface area contributed by atoms with Crippen molar-refractivity contribution >= 4 is 27.5 Å². The normalized spacial score (nSPS) is 19.7. The van der Waals surface area contributed by atoms with E-state index in [1.54, 1.807) is 23.2 Å². The van der Waals surface area contributed by atoms with Crippen LogP contribution in [0, 0.1) is 0 Å². The molecule has 0 N–H and O–H groups in total. The molecule has 0 bridgehead atoms. The van der Waals surface area contributed by atoms with Gasteiger partial charge in [0.2, 0.25) is 0 Å². The minimum absolute atomic E-state index is 0.136. The van der Waals surface area contributed by atoms with Crippen molar-refractivity contribution in [3.63, 3.8) is 0 Å². The van der Waals surface area contributed by atoms with Gasteiger partial charge in [-0.2, -0.15) is 0 Å². The number of pyridine rings is 1. The third-order valence-corrected chi connectivity index (χ3v) is 5.54. The first-order chi connectivity index (χ1) is 8.93. The van der Waals surface area contributed by atoms with Crippen molar-refractivity contribution in [3.8, 4) is 0 Å². The first-order valence-corrected chi connectivity index (χ1v) is 9.08. The summed E-state index contributed by atoms with van der Waals surface area (Å²) in [7, 11) is -3.08. The number of carbonyl (C=O) groups excluding carboxylic acids is 1. The zero-order valence-corrected chi connectivity index (χ0v) is 12.5. The van der Waals surface area contributed by atoms with Crippen LogP contribution in [0.5, 0.6) is 0 Å². The highest BCUT2D eigenvalue weighted by molar-refractivity contribution is 7.98. The fourth-order valence-corrected chi connectivity index (χ4v) is 3.67. The van der Waals surface area contributed by atoms with E-state index in [1.165, 1.54) is 18.0 Å². The van der Waals surface area contributed by atoms with E-state index in [4.69, 9.17) is 0 Å². The molecule has 0 spiro atoms. The fraction of sp³-hybridized carbons (Fsp3) is 0.500. The summed E-state index contributed by atoms with van der Waals surface area (Å²) in [6.07, 6.45) is 5.25. The van der Waals surface area contributed by atoms with Crippen LogP contribution >= 0.6 is 11.8 Å². The Morgan fingerprint density at radius 2 is 2.26 bits per heavy atom. The van der Waals surface area contributed by atoms with Gasteiger partial charge in [0, 0.05) is 25.5 Å². The van der Waals surface area contributed by atoms with Gasteiger partial charge < -0.3 is 4.90 Å². The molecule has 2 rings (SSSR count). The van der Waals surface area contributed by atoms with Crippen LogP contribution in [0.3, 0.4) is 0 Å². The number of rotatable bonds is 3. The van der Waals surface area contributed by atoms with Gasteiger partial charge in [0.15, 0.2) is 9.84 Å². The first-order valence-electron chi connectivity index (χ1n) is 5.90. The molecular formula is C12H16N2O3S2. The van der Waals surface area contributed by atoms with Crippen LogP contribution in [0.25, 0.3) is 0 Å². The average Bonchev–Trinajstić information content (AvgIpc) is 2.87. The highest BCUT2D eigenvalue weighted by Crippen LogP contribution is 2.22. The molecular weight excluding hydrogens is 284 g/mol. The van der Waals surface area contributed by atoms with E-state index in [0.717, 1.165) is 0 Å². The molecule has 2 heterocycles. The fourth-order valence-electron chi connectivity index (χ4n) is 2.15. The zero-order valence-electron chi connectivity index (χ0n) is 10.9. The SMILES string of the molecule is CSc1ncccc1C(=O)N1CC[C@@H](S(C)(=O)=O)C1. The maximum Gasteiger partial charge on any atom is 0.256 e. The molecule has 1 aliphatic heterocycles. The van der Waals surface area contributed by atoms with E-state index in [1.807, 2.05) is 6.26 Å². The van der Waals surface area contributed by atoms with Crippen molar-refractivity contribution in [2.75, 3.05) is 25.6 Å². The number of likely N-dealkylation sites (tertiary alicyclic amines) is 1. The van der Waals surface area contributed by atoms with E-state index in [-0.39, 0.29) is 12.5 Å². The maximum absolute atomic E-state index is 12.4. The smallest absolute Gasteiger partial charge is 0.256 e. The van der Waals surface area contributed by atoms with Crippen molar-refractivity contribution in [1.29, 1.82) is 0 Å². The van der Waals surface area contributed by atoms with Crippen LogP contribution < -0.4 is 0 Å². The lowest BCUT2D eigenvalue weighted by Gasteiger charge is -2.17. The third kappa shape index (κ3) is 3.09. The quantitative estimate of drug-likeness (QED) is 0.781. The number of hydrogen-bond donors (Lipinski definition) is 0. The number of thioether (sulfide) groups is 1. The molecule has 1 fully saturated rings. The summed E-state index contributed by atoms with van der Waals surface area (Å²) in [6.45, 7) is 0.764. The highest BCUT2D eigenvalue weighted by Gasteiger charge is 2.33. The Hall–Kier alpha value is -1.08. The van der Waals surface area contributed by atoms with Gasteiger partial charge in [-0.15, -0.1) is 11.8 Å². The van der Waals surface area contributed by atoms with Gasteiger partial charge in [-0.25, -0.2) is 13.4 Å². The number of carbonyl (C=O) groups is 1. The summed E-state index contributed by atoms with van der Waals surface area (Å²) in [5.41, 5.74) is 0.546. The second-order valence-electron chi connectivity index (χ2n) is 4.55. The number of hydrogen-bond acceptors (Lipinski definition) is 5. The molecule has 7 heteroatoms. The predicted molar refractivity (Wildman–Crippen MR) is 75.2 cm³/mol. The Balaban J connectivity index is 2.18. The van der Waals surface area contributed by atoms with E-state index in [2.05, 4.69) is 4.98 Å². The van der Waals surface area contributed by atoms with Gasteiger partial charge in [-0.3, -0.25) is 4.79 Å². The van der Waals surface area contributed by atoms with Crippen molar-refractivity contribution < 1.29 is 13.2 Å². The summed E-state index contributed by atoms with van der Waals surface area (Å²) >= 11 is 1.41. The van der Waals surface area contributed by atoms with Gasteiger partial charge in [-0.1, -0.05) is 0 Å². The first kappa shape index (κ1) is 14.3. The molecule has 0 aliphatic carbocycles. The van der Waals surface area contributed by atoms with Crippen molar-refractivity contribution in [3.05, 3.63) is 23.9 Å². The molecule has 0 aromatic carbocycles. The van der Waals surface area contributed by atoms with E-state index in [9.17, 15) is 13.2 Å². The van der Waals surface area contributed by atoms with Crippen molar-refractivity contribution in [2.45, 2.75) is 16.7 Å². The maximum atomic E-state index is 12.4. The van der Waals surface area contributed by atoms with E-state index >= 15 is 0 Å². The van der Waals surface area contributed by atoms with E-state index < -0.39 is 15.1 Å². The Morgan fingerprint density at radius 3 is 2.84 bits per heavy atom. The summed E-state index contributed by atoms with van der Waals surface area (Å²) in [5.74, 6) is -0.136. The second-order valence-corrected chi connectivity index (χ2v) is 7.67. The molecule has 1 amide bonds. The molecule has 0 radical (unpaired) electrons. The van der Waals surface area contributed by atoms with Crippen LogP contribution in [-0.4, -0.2) is 55.1 Å². The van der Waals surface area contributed by atoms with E-state index in [0.29, 0.717) is 23.6 Å². The lowest BCUT2D eigenvalue weighted by Crippen LogP contribution is -2.32. The molecule has 1 aromatic heterocycles. The molecule has 1 aliphatic rings. The average molecular weight is 300 g/mol. The number of nitrogens with zero attached hydrogens (tertiary/aromatic N) is 2. The van der Waals surface area contributed by atoms with Crippen molar-refractivity contribution in [2.24, 2.45) is 0 Å². The minimum atomic E-state index is -3.08. The molecule has 19 heavy (non-hydrogen) atoms. The Labute approximate surface area is 117 Å². The monoisotopic (exact) mass is 300 g/mol.